The highest BCUT2D eigenvalue weighted by atomic mass is 35.5. The second-order valence-corrected chi connectivity index (χ2v) is 5.83. The molecule has 25 heavy (non-hydrogen) atoms. The average molecular weight is 367 g/mol. The molecule has 1 N–H and O–H groups in total. The smallest absolute Gasteiger partial charge is 0.223 e. The lowest BCUT2D eigenvalue weighted by Crippen LogP contribution is -2.33. The molecule has 2 aromatic rings. The van der Waals surface area contributed by atoms with E-state index in [1.165, 1.54) is 42.2 Å². The van der Waals surface area contributed by atoms with Gasteiger partial charge in [0.25, 0.3) is 0 Å². The lowest BCUT2D eigenvalue weighted by atomic mass is 10.2. The molecule has 2 rings (SSSR count). The van der Waals surface area contributed by atoms with Crippen LogP contribution in [0.15, 0.2) is 42.5 Å². The predicted molar refractivity (Wildman–Crippen MR) is 92.3 cm³/mol. The van der Waals surface area contributed by atoms with Gasteiger partial charge in [0.15, 0.2) is 0 Å². The van der Waals surface area contributed by atoms with Gasteiger partial charge in [-0.3, -0.25) is 9.59 Å². The van der Waals surface area contributed by atoms with Gasteiger partial charge in [-0.1, -0.05) is 23.7 Å². The molecule has 0 aliphatic heterocycles. The number of nitrogens with one attached hydrogen (secondary N) is 1. The summed E-state index contributed by atoms with van der Waals surface area (Å²) < 4.78 is 26.1. The molecule has 0 atom stereocenters. The van der Waals surface area contributed by atoms with E-state index in [0.717, 1.165) is 5.56 Å². The molecule has 0 bridgehead atoms. The Morgan fingerprint density at radius 3 is 2.40 bits per heavy atom. The minimum absolute atomic E-state index is 0.0652. The number of carbonyl (C=O) groups is 2. The summed E-state index contributed by atoms with van der Waals surface area (Å²) in [5.74, 6) is -1.46. The third kappa shape index (κ3) is 5.53. The van der Waals surface area contributed by atoms with E-state index < -0.39 is 5.82 Å². The van der Waals surface area contributed by atoms with Gasteiger partial charge in [-0.2, -0.15) is 0 Å². The molecule has 2 amide bonds. The van der Waals surface area contributed by atoms with Crippen molar-refractivity contribution in [3.63, 3.8) is 0 Å². The Balaban J connectivity index is 1.91. The number of benzene rings is 2. The van der Waals surface area contributed by atoms with E-state index in [2.05, 4.69) is 5.32 Å². The van der Waals surface area contributed by atoms with Gasteiger partial charge in [0.05, 0.1) is 5.02 Å². The van der Waals surface area contributed by atoms with Gasteiger partial charge >= 0.3 is 0 Å². The molecule has 2 aromatic carbocycles. The Hall–Kier alpha value is -2.47. The molecular weight excluding hydrogens is 350 g/mol. The zero-order valence-corrected chi connectivity index (χ0v) is 14.3. The van der Waals surface area contributed by atoms with Crippen molar-refractivity contribution in [1.29, 1.82) is 0 Å². The van der Waals surface area contributed by atoms with Crippen LogP contribution in [0.25, 0.3) is 0 Å². The molecule has 0 unspecified atom stereocenters. The molecule has 0 saturated heterocycles. The monoisotopic (exact) mass is 366 g/mol. The van der Waals surface area contributed by atoms with Gasteiger partial charge in [0.2, 0.25) is 11.8 Å². The van der Waals surface area contributed by atoms with Gasteiger partial charge in [-0.25, -0.2) is 8.78 Å². The van der Waals surface area contributed by atoms with Crippen LogP contribution in [0.4, 0.5) is 14.5 Å². The van der Waals surface area contributed by atoms with Crippen molar-refractivity contribution in [3.05, 3.63) is 64.7 Å². The lowest BCUT2D eigenvalue weighted by Gasteiger charge is -2.21. The Kier molecular flexibility index (Phi) is 6.47. The number of amides is 2. The summed E-state index contributed by atoms with van der Waals surface area (Å²) in [6, 6.07) is 9.74. The maximum absolute atomic E-state index is 13.2. The van der Waals surface area contributed by atoms with Crippen LogP contribution < -0.4 is 10.2 Å². The molecule has 0 aromatic heterocycles. The molecule has 0 spiro atoms. The molecule has 0 aliphatic rings. The van der Waals surface area contributed by atoms with Crippen molar-refractivity contribution >= 4 is 29.1 Å². The Morgan fingerprint density at radius 2 is 1.80 bits per heavy atom. The molecule has 0 aliphatic carbocycles. The van der Waals surface area contributed by atoms with Gasteiger partial charge in [-0.05, 0) is 35.9 Å². The zero-order valence-electron chi connectivity index (χ0n) is 13.6. The number of hydrogen-bond acceptors (Lipinski definition) is 2. The molecule has 132 valence electrons. The molecule has 0 heterocycles. The maximum Gasteiger partial charge on any atom is 0.223 e. The first-order valence-corrected chi connectivity index (χ1v) is 7.99. The van der Waals surface area contributed by atoms with Crippen molar-refractivity contribution in [2.45, 2.75) is 19.9 Å². The SMILES string of the molecule is CC(=O)N(CCC(=O)NCc1ccc(F)cc1)c1ccc(F)c(Cl)c1. The van der Waals surface area contributed by atoms with Crippen LogP contribution in [0, 0.1) is 11.6 Å². The van der Waals surface area contributed by atoms with Gasteiger partial charge in [0.1, 0.15) is 11.6 Å². The van der Waals surface area contributed by atoms with Gasteiger partial charge in [-0.15, -0.1) is 0 Å². The fourth-order valence-electron chi connectivity index (χ4n) is 2.23. The fourth-order valence-corrected chi connectivity index (χ4v) is 2.40. The van der Waals surface area contributed by atoms with Crippen molar-refractivity contribution < 1.29 is 18.4 Å². The quantitative estimate of drug-likeness (QED) is 0.847. The van der Waals surface area contributed by atoms with E-state index in [4.69, 9.17) is 11.6 Å². The van der Waals surface area contributed by atoms with E-state index in [1.54, 1.807) is 12.1 Å². The van der Waals surface area contributed by atoms with E-state index in [1.807, 2.05) is 0 Å². The van der Waals surface area contributed by atoms with Crippen LogP contribution in [-0.4, -0.2) is 18.4 Å². The first-order chi connectivity index (χ1) is 11.9. The number of halogens is 3. The Labute approximate surface area is 149 Å². The standard InChI is InChI=1S/C18H17ClF2N2O2/c1-12(24)23(15-6-7-17(21)16(19)10-15)9-8-18(25)22-11-13-2-4-14(20)5-3-13/h2-7,10H,8-9,11H2,1H3,(H,22,25). The number of hydrogen-bond donors (Lipinski definition) is 1. The average Bonchev–Trinajstić information content (AvgIpc) is 2.57. The van der Waals surface area contributed by atoms with E-state index in [0.29, 0.717) is 5.69 Å². The molecule has 0 radical (unpaired) electrons. The highest BCUT2D eigenvalue weighted by molar-refractivity contribution is 6.31. The topological polar surface area (TPSA) is 49.4 Å². The molecule has 4 nitrogen and oxygen atoms in total. The van der Waals surface area contributed by atoms with Gasteiger partial charge in [0, 0.05) is 32.1 Å². The minimum atomic E-state index is -0.578. The number of rotatable bonds is 6. The first-order valence-electron chi connectivity index (χ1n) is 7.61. The summed E-state index contributed by atoms with van der Waals surface area (Å²) in [4.78, 5) is 25.1. The van der Waals surface area contributed by atoms with E-state index in [-0.39, 0.29) is 42.2 Å². The zero-order chi connectivity index (χ0) is 18.4. The lowest BCUT2D eigenvalue weighted by molar-refractivity contribution is -0.121. The number of anilines is 1. The normalized spacial score (nSPS) is 10.4. The summed E-state index contributed by atoms with van der Waals surface area (Å²) in [6.07, 6.45) is 0.0652. The first kappa shape index (κ1) is 18.9. The summed E-state index contributed by atoms with van der Waals surface area (Å²) in [6.45, 7) is 1.75. The van der Waals surface area contributed by atoms with Crippen LogP contribution in [0.2, 0.25) is 5.02 Å². The van der Waals surface area contributed by atoms with Crippen LogP contribution >= 0.6 is 11.6 Å². The largest absolute Gasteiger partial charge is 0.352 e. The highest BCUT2D eigenvalue weighted by Gasteiger charge is 2.15. The van der Waals surface area contributed by atoms with Crippen LogP contribution in [0.3, 0.4) is 0 Å². The molecular formula is C18H17ClF2N2O2. The molecule has 0 saturated carbocycles. The molecule has 0 fully saturated rings. The van der Waals surface area contributed by atoms with E-state index >= 15 is 0 Å². The maximum atomic E-state index is 13.2. The Morgan fingerprint density at radius 1 is 1.12 bits per heavy atom. The van der Waals surface area contributed by atoms with Crippen molar-refractivity contribution in [2.24, 2.45) is 0 Å². The van der Waals surface area contributed by atoms with Crippen molar-refractivity contribution in [2.75, 3.05) is 11.4 Å². The fraction of sp³-hybridized carbons (Fsp3) is 0.222. The van der Waals surface area contributed by atoms with E-state index in [9.17, 15) is 18.4 Å². The number of carbonyl (C=O) groups excluding carboxylic acids is 2. The Bertz CT molecular complexity index is 766. The second-order valence-electron chi connectivity index (χ2n) is 5.42. The third-order valence-electron chi connectivity index (χ3n) is 3.56. The third-order valence-corrected chi connectivity index (χ3v) is 3.85. The highest BCUT2D eigenvalue weighted by Crippen LogP contribution is 2.23. The summed E-state index contributed by atoms with van der Waals surface area (Å²) in [5, 5.41) is 2.61. The minimum Gasteiger partial charge on any atom is -0.352 e. The molecule has 7 heteroatoms. The van der Waals surface area contributed by atoms with Crippen LogP contribution in [0.5, 0.6) is 0 Å². The van der Waals surface area contributed by atoms with Crippen molar-refractivity contribution in [1.82, 2.24) is 5.32 Å². The second kappa shape index (κ2) is 8.58. The van der Waals surface area contributed by atoms with Crippen LogP contribution in [-0.2, 0) is 16.1 Å². The van der Waals surface area contributed by atoms with Gasteiger partial charge < -0.3 is 10.2 Å². The summed E-state index contributed by atoms with van der Waals surface area (Å²) >= 11 is 5.74. The van der Waals surface area contributed by atoms with Crippen LogP contribution in [0.1, 0.15) is 18.9 Å². The van der Waals surface area contributed by atoms with Crippen molar-refractivity contribution in [3.8, 4) is 0 Å². The number of nitrogens with zero attached hydrogens (tertiary/aromatic N) is 1. The summed E-state index contributed by atoms with van der Waals surface area (Å²) in [7, 11) is 0. The summed E-state index contributed by atoms with van der Waals surface area (Å²) in [5.41, 5.74) is 1.19. The predicted octanol–water partition coefficient (Wildman–Crippen LogP) is 3.68.